The van der Waals surface area contributed by atoms with Crippen LogP contribution in [0.15, 0.2) is 182 Å². The van der Waals surface area contributed by atoms with E-state index < -0.39 is 5.41 Å². The van der Waals surface area contributed by atoms with E-state index in [1.165, 1.54) is 55.3 Å². The van der Waals surface area contributed by atoms with Crippen LogP contribution in [0.2, 0.25) is 0 Å². The van der Waals surface area contributed by atoms with Gasteiger partial charge in [-0.2, -0.15) is 0 Å². The Bertz CT molecular complexity index is 2670. The average Bonchev–Trinajstić information content (AvgIpc) is 3.47. The minimum Gasteiger partial charge on any atom is -0.254 e. The van der Waals surface area contributed by atoms with Gasteiger partial charge in [-0.25, -0.2) is 4.98 Å². The normalized spacial score (nSPS) is 13.1. The third-order valence-electron chi connectivity index (χ3n) is 10.4. The van der Waals surface area contributed by atoms with Gasteiger partial charge in [-0.1, -0.05) is 152 Å². The minimum atomic E-state index is -0.497. The third-order valence-corrected chi connectivity index (χ3v) is 10.4. The highest BCUT2D eigenvalue weighted by molar-refractivity contribution is 6.06. The Morgan fingerprint density at radius 2 is 1.00 bits per heavy atom. The number of rotatable bonds is 4. The van der Waals surface area contributed by atoms with E-state index >= 15 is 0 Å². The van der Waals surface area contributed by atoms with E-state index in [0.29, 0.717) is 0 Å². The molecule has 0 spiro atoms. The van der Waals surface area contributed by atoms with Crippen molar-refractivity contribution in [1.29, 1.82) is 0 Å². The fourth-order valence-corrected chi connectivity index (χ4v) is 8.26. The van der Waals surface area contributed by atoms with Gasteiger partial charge in [0.15, 0.2) is 0 Å². The molecule has 228 valence electrons. The molecule has 1 aliphatic rings. The van der Waals surface area contributed by atoms with E-state index in [1.807, 2.05) is 12.3 Å². The van der Waals surface area contributed by atoms with Gasteiger partial charge in [0.05, 0.1) is 22.1 Å². The van der Waals surface area contributed by atoms with Gasteiger partial charge in [0.2, 0.25) is 0 Å². The Labute approximate surface area is 285 Å². The van der Waals surface area contributed by atoms with Crippen molar-refractivity contribution in [3.63, 3.8) is 0 Å². The van der Waals surface area contributed by atoms with Crippen molar-refractivity contribution in [2.24, 2.45) is 0 Å². The second-order valence-corrected chi connectivity index (χ2v) is 12.9. The number of nitrogens with zero attached hydrogens (tertiary/aromatic N) is 2. The molecule has 2 heterocycles. The van der Waals surface area contributed by atoms with Crippen molar-refractivity contribution in [1.82, 2.24) is 9.97 Å². The Kier molecular flexibility index (Phi) is 6.13. The molecule has 9 aromatic rings. The van der Waals surface area contributed by atoms with Crippen molar-refractivity contribution >= 4 is 32.6 Å². The van der Waals surface area contributed by atoms with Gasteiger partial charge in [-0.15, -0.1) is 0 Å². The van der Waals surface area contributed by atoms with Gasteiger partial charge in [0.25, 0.3) is 0 Å². The van der Waals surface area contributed by atoms with Crippen LogP contribution in [0, 0.1) is 0 Å². The molecule has 2 heteroatoms. The molecule has 1 aliphatic carbocycles. The Morgan fingerprint density at radius 1 is 0.367 bits per heavy atom. The molecule has 0 aliphatic heterocycles. The first-order valence-corrected chi connectivity index (χ1v) is 16.8. The standard InChI is InChI=1S/C47H30N2/c1-3-16-34(17-4-1)47(35-18-5-2-6-19-35)42-23-10-9-21-38(42)40-29-41(39(30-43(40)47)37-22-11-14-31-13-7-8-20-36(31)37)44-27-26-33-25-24-32-15-12-28-48-45(32)46(33)49-44/h1-30H. The number of hydrogen-bond donors (Lipinski definition) is 0. The average molecular weight is 623 g/mol. The maximum atomic E-state index is 5.41. The molecule has 0 saturated carbocycles. The quantitative estimate of drug-likeness (QED) is 0.183. The van der Waals surface area contributed by atoms with Crippen LogP contribution in [0.1, 0.15) is 22.3 Å². The lowest BCUT2D eigenvalue weighted by Gasteiger charge is -2.34. The van der Waals surface area contributed by atoms with Crippen molar-refractivity contribution < 1.29 is 0 Å². The van der Waals surface area contributed by atoms with Gasteiger partial charge >= 0.3 is 0 Å². The molecule has 2 aromatic heterocycles. The van der Waals surface area contributed by atoms with E-state index in [1.54, 1.807) is 0 Å². The molecule has 7 aromatic carbocycles. The highest BCUT2D eigenvalue weighted by Crippen LogP contribution is 2.58. The van der Waals surface area contributed by atoms with Crippen LogP contribution in [-0.4, -0.2) is 9.97 Å². The van der Waals surface area contributed by atoms with Crippen molar-refractivity contribution in [2.45, 2.75) is 5.41 Å². The van der Waals surface area contributed by atoms with Crippen LogP contribution >= 0.6 is 0 Å². The molecule has 0 amide bonds. The summed E-state index contributed by atoms with van der Waals surface area (Å²) < 4.78 is 0. The molecule has 0 atom stereocenters. The van der Waals surface area contributed by atoms with Gasteiger partial charge < -0.3 is 0 Å². The van der Waals surface area contributed by atoms with Crippen LogP contribution in [-0.2, 0) is 5.41 Å². The summed E-state index contributed by atoms with van der Waals surface area (Å²) in [5.41, 5.74) is 13.3. The van der Waals surface area contributed by atoms with Crippen molar-refractivity contribution in [3.05, 3.63) is 204 Å². The summed E-state index contributed by atoms with van der Waals surface area (Å²) in [5, 5.41) is 4.61. The van der Waals surface area contributed by atoms with E-state index in [-0.39, 0.29) is 0 Å². The minimum absolute atomic E-state index is 0.497. The van der Waals surface area contributed by atoms with E-state index in [9.17, 15) is 0 Å². The Balaban J connectivity index is 1.36. The molecular weight excluding hydrogens is 593 g/mol. The third kappa shape index (κ3) is 4.07. The highest BCUT2D eigenvalue weighted by Gasteiger charge is 2.46. The maximum Gasteiger partial charge on any atom is 0.0972 e. The zero-order valence-electron chi connectivity index (χ0n) is 26.7. The maximum absolute atomic E-state index is 5.41. The van der Waals surface area contributed by atoms with Gasteiger partial charge in [-0.05, 0) is 79.5 Å². The summed E-state index contributed by atoms with van der Waals surface area (Å²) in [6, 6.07) is 63.9. The molecule has 0 bridgehead atoms. The number of aromatic nitrogens is 2. The number of benzene rings is 7. The SMILES string of the molecule is c1ccc(C2(c3ccccc3)c3ccccc3-c3cc(-c4ccc5ccc6cccnc6c5n4)c(-c4cccc5ccccc45)cc32)cc1. The topological polar surface area (TPSA) is 25.8 Å². The number of hydrogen-bond acceptors (Lipinski definition) is 2. The number of pyridine rings is 2. The Hall–Kier alpha value is -6.38. The van der Waals surface area contributed by atoms with Crippen molar-refractivity contribution in [3.8, 4) is 33.5 Å². The summed E-state index contributed by atoms with van der Waals surface area (Å²) in [4.78, 5) is 10.2. The van der Waals surface area contributed by atoms with Crippen LogP contribution in [0.3, 0.4) is 0 Å². The predicted octanol–water partition coefficient (Wildman–Crippen LogP) is 11.6. The fourth-order valence-electron chi connectivity index (χ4n) is 8.26. The molecule has 0 fully saturated rings. The van der Waals surface area contributed by atoms with Crippen molar-refractivity contribution in [2.75, 3.05) is 0 Å². The lowest BCUT2D eigenvalue weighted by Crippen LogP contribution is -2.28. The fraction of sp³-hybridized carbons (Fsp3) is 0.0213. The largest absolute Gasteiger partial charge is 0.254 e. The summed E-state index contributed by atoms with van der Waals surface area (Å²) in [5.74, 6) is 0. The van der Waals surface area contributed by atoms with Crippen LogP contribution in [0.4, 0.5) is 0 Å². The second-order valence-electron chi connectivity index (χ2n) is 12.9. The number of fused-ring (bicyclic) bond motifs is 7. The zero-order valence-corrected chi connectivity index (χ0v) is 26.7. The van der Waals surface area contributed by atoms with Crippen LogP contribution in [0.5, 0.6) is 0 Å². The lowest BCUT2D eigenvalue weighted by atomic mass is 9.67. The zero-order chi connectivity index (χ0) is 32.4. The molecule has 49 heavy (non-hydrogen) atoms. The molecule has 0 saturated heterocycles. The Morgan fingerprint density at radius 3 is 1.82 bits per heavy atom. The molecular formula is C47H30N2. The second kappa shape index (κ2) is 10.8. The van der Waals surface area contributed by atoms with E-state index in [4.69, 9.17) is 9.97 Å². The summed E-state index contributed by atoms with van der Waals surface area (Å²) >= 11 is 0. The lowest BCUT2D eigenvalue weighted by molar-refractivity contribution is 0.769. The molecule has 0 N–H and O–H groups in total. The van der Waals surface area contributed by atoms with Gasteiger partial charge in [0.1, 0.15) is 0 Å². The highest BCUT2D eigenvalue weighted by atomic mass is 14.8. The molecule has 0 unspecified atom stereocenters. The van der Waals surface area contributed by atoms with Gasteiger partial charge in [0, 0.05) is 22.5 Å². The van der Waals surface area contributed by atoms with Crippen LogP contribution < -0.4 is 0 Å². The molecule has 2 nitrogen and oxygen atoms in total. The van der Waals surface area contributed by atoms with Crippen LogP contribution in [0.25, 0.3) is 66.1 Å². The van der Waals surface area contributed by atoms with E-state index in [2.05, 4.69) is 170 Å². The summed E-state index contributed by atoms with van der Waals surface area (Å²) in [6.07, 6.45) is 1.86. The first kappa shape index (κ1) is 27.7. The predicted molar refractivity (Wildman–Crippen MR) is 203 cm³/mol. The first-order valence-electron chi connectivity index (χ1n) is 16.8. The molecule has 10 rings (SSSR count). The van der Waals surface area contributed by atoms with E-state index in [0.717, 1.165) is 33.1 Å². The smallest absolute Gasteiger partial charge is 0.0972 e. The first-order chi connectivity index (χ1) is 24.3. The molecule has 0 radical (unpaired) electrons. The summed E-state index contributed by atoms with van der Waals surface area (Å²) in [6.45, 7) is 0. The summed E-state index contributed by atoms with van der Waals surface area (Å²) in [7, 11) is 0. The van der Waals surface area contributed by atoms with Gasteiger partial charge in [-0.3, -0.25) is 4.98 Å². The monoisotopic (exact) mass is 622 g/mol.